The molecule has 0 atom stereocenters. The van der Waals surface area contributed by atoms with E-state index in [1.165, 1.54) is 27.7 Å². The average Bonchev–Trinajstić information content (AvgIpc) is 3.25. The fourth-order valence-corrected chi connectivity index (χ4v) is 2.70. The van der Waals surface area contributed by atoms with Crippen molar-refractivity contribution in [2.45, 2.75) is 80.1 Å². The van der Waals surface area contributed by atoms with Crippen LogP contribution in [-0.2, 0) is 33.6 Å². The molecule has 1 heterocycles. The smallest absolute Gasteiger partial charge is 0.428 e. The van der Waals surface area contributed by atoms with Crippen LogP contribution in [0.2, 0.25) is 0 Å². The van der Waals surface area contributed by atoms with Gasteiger partial charge in [-0.05, 0) is 45.6 Å². The third-order valence-electron chi connectivity index (χ3n) is 3.50. The highest BCUT2D eigenvalue weighted by Crippen LogP contribution is 2.30. The quantitative estimate of drug-likeness (QED) is 0.205. The van der Waals surface area contributed by atoms with E-state index in [0.29, 0.717) is 6.42 Å². The molecule has 0 spiro atoms. The molecule has 1 aliphatic rings. The third kappa shape index (κ3) is 8.45. The normalized spacial score (nSPS) is 14.5. The van der Waals surface area contributed by atoms with Crippen LogP contribution in [0.4, 0.5) is 4.79 Å². The van der Waals surface area contributed by atoms with E-state index in [4.69, 9.17) is 14.2 Å². The molecule has 0 N–H and O–H groups in total. The van der Waals surface area contributed by atoms with Gasteiger partial charge >= 0.3 is 18.1 Å². The summed E-state index contributed by atoms with van der Waals surface area (Å²) in [6.45, 7) is 15.4. The van der Waals surface area contributed by atoms with E-state index in [0.717, 1.165) is 6.08 Å². The second-order valence-electron chi connectivity index (χ2n) is 9.01. The maximum atomic E-state index is 12.2. The molecular formula is C20H30O8. The number of carbonyl (C=O) groups is 3. The van der Waals surface area contributed by atoms with Crippen molar-refractivity contribution >= 4 is 17.9 Å². The summed E-state index contributed by atoms with van der Waals surface area (Å²) >= 11 is 0. The largest absolute Gasteiger partial charge is 0.512 e. The predicted molar refractivity (Wildman–Crippen MR) is 99.5 cm³/mol. The summed E-state index contributed by atoms with van der Waals surface area (Å²) in [5, 5.41) is 0. The van der Waals surface area contributed by atoms with Crippen LogP contribution in [0.1, 0.15) is 68.7 Å². The number of hydrogen-bond acceptors (Lipinski definition) is 8. The molecule has 0 aromatic carbocycles. The van der Waals surface area contributed by atoms with Crippen LogP contribution in [0, 0.1) is 5.41 Å². The first-order chi connectivity index (χ1) is 12.5. The Hall–Kier alpha value is -2.51. The molecule has 8 heteroatoms. The number of esters is 1. The van der Waals surface area contributed by atoms with Gasteiger partial charge in [-0.3, -0.25) is 4.79 Å². The van der Waals surface area contributed by atoms with Crippen LogP contribution in [-0.4, -0.2) is 29.3 Å². The lowest BCUT2D eigenvalue weighted by molar-refractivity contribution is -0.201. The van der Waals surface area contributed by atoms with Gasteiger partial charge in [0.25, 0.3) is 5.79 Å². The molecule has 0 saturated carbocycles. The van der Waals surface area contributed by atoms with Crippen molar-refractivity contribution in [1.82, 2.24) is 0 Å². The monoisotopic (exact) mass is 398 g/mol. The second kappa shape index (κ2) is 8.24. The highest BCUT2D eigenvalue weighted by atomic mass is 17.4. The van der Waals surface area contributed by atoms with E-state index in [9.17, 15) is 14.4 Å². The minimum atomic E-state index is -1.58. The number of rotatable bonds is 7. The molecule has 0 radical (unpaired) electrons. The van der Waals surface area contributed by atoms with Gasteiger partial charge in [-0.1, -0.05) is 20.8 Å². The third-order valence-corrected chi connectivity index (χ3v) is 3.50. The zero-order valence-electron chi connectivity index (χ0n) is 18.1. The van der Waals surface area contributed by atoms with Crippen molar-refractivity contribution in [2.75, 3.05) is 0 Å². The summed E-state index contributed by atoms with van der Waals surface area (Å²) in [4.78, 5) is 45.2. The van der Waals surface area contributed by atoms with Gasteiger partial charge in [0.15, 0.2) is 5.78 Å². The molecule has 1 saturated heterocycles. The molecular weight excluding hydrogens is 368 g/mol. The lowest BCUT2D eigenvalue weighted by Gasteiger charge is -2.33. The molecule has 1 fully saturated rings. The molecule has 28 heavy (non-hydrogen) atoms. The van der Waals surface area contributed by atoms with E-state index in [1.54, 1.807) is 13.8 Å². The molecule has 0 aromatic rings. The Balaban J connectivity index is 2.66. The number of hydrogen-bond donors (Lipinski definition) is 0. The maximum Gasteiger partial charge on any atom is 0.512 e. The van der Waals surface area contributed by atoms with E-state index in [2.05, 4.69) is 9.78 Å². The fraction of sp³-hybridized carbons (Fsp3) is 0.650. The summed E-state index contributed by atoms with van der Waals surface area (Å²) < 4.78 is 15.7. The van der Waals surface area contributed by atoms with Crippen LogP contribution in [0.15, 0.2) is 23.2 Å². The highest BCUT2D eigenvalue weighted by molar-refractivity contribution is 6.08. The summed E-state index contributed by atoms with van der Waals surface area (Å²) in [7, 11) is 0. The van der Waals surface area contributed by atoms with Crippen molar-refractivity contribution in [3.8, 4) is 0 Å². The maximum absolute atomic E-state index is 12.2. The molecule has 8 nitrogen and oxygen atoms in total. The van der Waals surface area contributed by atoms with Gasteiger partial charge in [-0.15, -0.1) is 0 Å². The Bertz CT molecular complexity index is 698. The number of ether oxygens (including phenoxy) is 3. The fourth-order valence-electron chi connectivity index (χ4n) is 2.70. The molecule has 0 amide bonds. The second-order valence-corrected chi connectivity index (χ2v) is 9.01. The van der Waals surface area contributed by atoms with Crippen LogP contribution in [0.25, 0.3) is 0 Å². The van der Waals surface area contributed by atoms with Crippen molar-refractivity contribution in [3.05, 3.63) is 23.2 Å². The van der Waals surface area contributed by atoms with Gasteiger partial charge in [0.2, 0.25) is 0 Å². The van der Waals surface area contributed by atoms with Gasteiger partial charge in [0.1, 0.15) is 5.60 Å². The van der Waals surface area contributed by atoms with Crippen molar-refractivity contribution in [1.29, 1.82) is 0 Å². The van der Waals surface area contributed by atoms with Gasteiger partial charge in [-0.2, -0.15) is 0 Å². The SMILES string of the molecule is CC(C(=O)/C=C(\C)C(=O)OC(C)(C)OC(=O)OC(C)(C)CC(C)(C)C)=C1OO1. The van der Waals surface area contributed by atoms with E-state index in [-0.39, 0.29) is 22.5 Å². The van der Waals surface area contributed by atoms with Gasteiger partial charge in [-0.25, -0.2) is 19.4 Å². The van der Waals surface area contributed by atoms with Gasteiger partial charge in [0, 0.05) is 19.4 Å². The Morgan fingerprint density at radius 2 is 1.43 bits per heavy atom. The van der Waals surface area contributed by atoms with Gasteiger partial charge in [0.05, 0.1) is 5.57 Å². The Kier molecular flexibility index (Phi) is 6.93. The molecule has 1 aliphatic heterocycles. The predicted octanol–water partition coefficient (Wildman–Crippen LogP) is 4.34. The molecule has 0 unspecified atom stereocenters. The average molecular weight is 398 g/mol. The van der Waals surface area contributed by atoms with E-state index in [1.807, 2.05) is 20.8 Å². The standard InChI is InChI=1S/C20H30O8/c1-12(10-14(21)13(2)16-27-28-16)15(22)24-20(8,9)26-17(23)25-19(6,7)11-18(3,4)5/h10H,11H2,1-9H3/b12-10+. The molecule has 158 valence electrons. The molecule has 0 aromatic heterocycles. The summed E-state index contributed by atoms with van der Waals surface area (Å²) in [6.07, 6.45) is 0.756. The lowest BCUT2D eigenvalue weighted by Crippen LogP contribution is -2.39. The minimum Gasteiger partial charge on any atom is -0.428 e. The van der Waals surface area contributed by atoms with Crippen molar-refractivity contribution < 1.29 is 38.4 Å². The van der Waals surface area contributed by atoms with Crippen LogP contribution in [0.5, 0.6) is 0 Å². The molecule has 0 aliphatic carbocycles. The summed E-state index contributed by atoms with van der Waals surface area (Å²) in [5.74, 6) is -2.73. The minimum absolute atomic E-state index is 0.0312. The van der Waals surface area contributed by atoms with Crippen LogP contribution < -0.4 is 0 Å². The van der Waals surface area contributed by atoms with Crippen LogP contribution >= 0.6 is 0 Å². The van der Waals surface area contributed by atoms with E-state index < -0.39 is 29.3 Å². The number of carbonyl (C=O) groups excluding carboxylic acids is 3. The first-order valence-electron chi connectivity index (χ1n) is 8.95. The van der Waals surface area contributed by atoms with E-state index >= 15 is 0 Å². The zero-order valence-corrected chi connectivity index (χ0v) is 18.1. The Labute approximate surface area is 165 Å². The highest BCUT2D eigenvalue weighted by Gasteiger charge is 2.34. The topological polar surface area (TPSA) is 104 Å². The van der Waals surface area contributed by atoms with Crippen molar-refractivity contribution in [3.63, 3.8) is 0 Å². The molecule has 1 rings (SSSR count). The number of allylic oxidation sites excluding steroid dienone is 2. The summed E-state index contributed by atoms with van der Waals surface area (Å²) in [5.41, 5.74) is -0.546. The zero-order chi connectivity index (χ0) is 21.9. The van der Waals surface area contributed by atoms with Gasteiger partial charge < -0.3 is 14.2 Å². The van der Waals surface area contributed by atoms with Crippen LogP contribution in [0.3, 0.4) is 0 Å². The first-order valence-corrected chi connectivity index (χ1v) is 8.95. The van der Waals surface area contributed by atoms with Crippen molar-refractivity contribution in [2.24, 2.45) is 5.41 Å². The Morgan fingerprint density at radius 1 is 0.893 bits per heavy atom. The lowest BCUT2D eigenvalue weighted by atomic mass is 9.84. The number of ketones is 1. The molecule has 0 bridgehead atoms. The summed E-state index contributed by atoms with van der Waals surface area (Å²) in [6, 6.07) is 0. The Morgan fingerprint density at radius 3 is 1.89 bits per heavy atom. The first kappa shape index (κ1) is 23.5.